The summed E-state index contributed by atoms with van der Waals surface area (Å²) in [7, 11) is -0.829. The molecule has 0 aliphatic rings. The fraction of sp³-hybridized carbons (Fsp3) is 0.500. The number of nitrogens with one attached hydrogen (secondary N) is 1. The topological polar surface area (TPSA) is 120 Å². The molecule has 1 aromatic carbocycles. The first-order valence-electron chi connectivity index (χ1n) is 7.65. The van der Waals surface area contributed by atoms with Crippen LogP contribution in [0.1, 0.15) is 32.4 Å². The number of carbonyl (C=O) groups excluding carboxylic acids is 1. The summed E-state index contributed by atoms with van der Waals surface area (Å²) in [4.78, 5) is 23.3. The summed E-state index contributed by atoms with van der Waals surface area (Å²) in [6, 6.07) is 4.62. The molecule has 1 rings (SSSR count). The average molecular weight is 389 g/mol. The highest BCUT2D eigenvalue weighted by atomic mass is 31.2. The Kier molecular flexibility index (Phi) is 7.62. The predicted molar refractivity (Wildman–Crippen MR) is 93.3 cm³/mol. The van der Waals surface area contributed by atoms with Crippen LogP contribution in [0.4, 0.5) is 4.79 Å². The van der Waals surface area contributed by atoms with Gasteiger partial charge in [0.2, 0.25) is 0 Å². The fourth-order valence-corrected chi connectivity index (χ4v) is 2.47. The molecule has 0 aromatic heterocycles. The maximum Gasteiger partial charge on any atom is 0.408 e. The molecule has 0 saturated carbocycles. The molecule has 1 atom stereocenters. The monoisotopic (exact) mass is 389 g/mol. The van der Waals surface area contributed by atoms with Gasteiger partial charge in [-0.3, -0.25) is 4.57 Å². The number of hydrogen-bond acceptors (Lipinski definition) is 7. The number of carbonyl (C=O) groups is 2. The van der Waals surface area contributed by atoms with Gasteiger partial charge in [0.15, 0.2) is 12.4 Å². The number of hydrogen-bond donors (Lipinski definition) is 2. The second kappa shape index (κ2) is 9.02. The van der Waals surface area contributed by atoms with Crippen LogP contribution in [0.2, 0.25) is 0 Å². The van der Waals surface area contributed by atoms with Crippen LogP contribution in [0, 0.1) is 0 Å². The minimum absolute atomic E-state index is 0.294. The van der Waals surface area contributed by atoms with Gasteiger partial charge in [0.05, 0.1) is 0 Å². The number of aliphatic carboxylic acids is 1. The molecule has 0 aliphatic carbocycles. The smallest absolute Gasteiger partial charge is 0.408 e. The van der Waals surface area contributed by atoms with E-state index in [0.717, 1.165) is 0 Å². The van der Waals surface area contributed by atoms with Crippen LogP contribution in [0.3, 0.4) is 0 Å². The van der Waals surface area contributed by atoms with Crippen LogP contribution in [0.5, 0.6) is 5.75 Å². The van der Waals surface area contributed by atoms with Gasteiger partial charge in [0.1, 0.15) is 11.4 Å². The lowest BCUT2D eigenvalue weighted by atomic mass is 10.1. The largest absolute Gasteiger partial charge is 0.481 e. The molecule has 0 spiro atoms. The van der Waals surface area contributed by atoms with E-state index in [0.29, 0.717) is 11.3 Å². The lowest BCUT2D eigenvalue weighted by Gasteiger charge is -2.22. The highest BCUT2D eigenvalue weighted by Crippen LogP contribution is 2.46. The van der Waals surface area contributed by atoms with Crippen LogP contribution >= 0.6 is 7.60 Å². The highest BCUT2D eigenvalue weighted by Gasteiger charge is 2.26. The third-order valence-corrected chi connectivity index (χ3v) is 4.63. The van der Waals surface area contributed by atoms with Crippen molar-refractivity contribution in [2.45, 2.75) is 32.4 Å². The Labute approximate surface area is 152 Å². The summed E-state index contributed by atoms with van der Waals surface area (Å²) >= 11 is 0. The second-order valence-electron chi connectivity index (χ2n) is 6.24. The van der Waals surface area contributed by atoms with E-state index in [1.807, 2.05) is 0 Å². The van der Waals surface area contributed by atoms with Crippen molar-refractivity contribution in [3.8, 4) is 5.75 Å². The van der Waals surface area contributed by atoms with E-state index in [-0.39, 0.29) is 6.35 Å². The highest BCUT2D eigenvalue weighted by molar-refractivity contribution is 7.53. The van der Waals surface area contributed by atoms with Gasteiger partial charge in [0, 0.05) is 14.2 Å². The summed E-state index contributed by atoms with van der Waals surface area (Å²) in [5.74, 6) is -0.905. The summed E-state index contributed by atoms with van der Waals surface area (Å²) in [5.41, 5.74) is -0.432. The quantitative estimate of drug-likeness (QED) is 0.651. The SMILES string of the molecule is COP(=O)(COc1ccc([C@@H](NC(=O)OC(C)(C)C)C(=O)O)cc1)OC. The molecule has 0 radical (unpaired) electrons. The maximum absolute atomic E-state index is 11.9. The normalized spacial score (nSPS) is 13.0. The minimum atomic E-state index is -3.32. The van der Waals surface area contributed by atoms with Crippen molar-refractivity contribution in [1.82, 2.24) is 5.32 Å². The van der Waals surface area contributed by atoms with E-state index in [2.05, 4.69) is 5.32 Å². The Morgan fingerprint density at radius 2 is 1.69 bits per heavy atom. The van der Waals surface area contributed by atoms with E-state index in [1.54, 1.807) is 20.8 Å². The van der Waals surface area contributed by atoms with Crippen LogP contribution in [-0.2, 0) is 23.1 Å². The first kappa shape index (κ1) is 22.0. The predicted octanol–water partition coefficient (Wildman–Crippen LogP) is 3.16. The van der Waals surface area contributed by atoms with Crippen molar-refractivity contribution >= 4 is 19.7 Å². The molecule has 26 heavy (non-hydrogen) atoms. The second-order valence-corrected chi connectivity index (χ2v) is 8.45. The van der Waals surface area contributed by atoms with Crippen LogP contribution in [-0.4, -0.2) is 43.3 Å². The Balaban J connectivity index is 2.81. The molecule has 0 bridgehead atoms. The first-order chi connectivity index (χ1) is 12.0. The van der Waals surface area contributed by atoms with E-state index in [9.17, 15) is 19.3 Å². The molecular weight excluding hydrogens is 365 g/mol. The van der Waals surface area contributed by atoms with Crippen molar-refractivity contribution in [2.75, 3.05) is 20.6 Å². The summed E-state index contributed by atoms with van der Waals surface area (Å²) < 4.78 is 31.8. The zero-order valence-corrected chi connectivity index (χ0v) is 16.2. The molecule has 9 nitrogen and oxygen atoms in total. The van der Waals surface area contributed by atoms with E-state index >= 15 is 0 Å². The number of carboxylic acid groups (broad SMARTS) is 1. The van der Waals surface area contributed by atoms with E-state index in [1.165, 1.54) is 38.5 Å². The summed E-state index contributed by atoms with van der Waals surface area (Å²) in [5, 5.41) is 11.6. The molecule has 0 unspecified atom stereocenters. The van der Waals surface area contributed by atoms with Gasteiger partial charge in [-0.2, -0.15) is 0 Å². The van der Waals surface area contributed by atoms with Crippen molar-refractivity contribution < 1.29 is 37.8 Å². The van der Waals surface area contributed by atoms with Crippen LogP contribution in [0.25, 0.3) is 0 Å². The molecular formula is C16H24NO8P. The van der Waals surface area contributed by atoms with E-state index < -0.39 is 31.3 Å². The van der Waals surface area contributed by atoms with Crippen molar-refractivity contribution in [3.63, 3.8) is 0 Å². The zero-order valence-electron chi connectivity index (χ0n) is 15.3. The molecule has 1 amide bonds. The molecule has 0 aliphatic heterocycles. The molecule has 2 N–H and O–H groups in total. The lowest BCUT2D eigenvalue weighted by molar-refractivity contribution is -0.139. The Hall–Kier alpha value is -2.09. The van der Waals surface area contributed by atoms with Gasteiger partial charge >= 0.3 is 19.7 Å². The average Bonchev–Trinajstić information content (AvgIpc) is 2.56. The third-order valence-electron chi connectivity index (χ3n) is 3.07. The van der Waals surface area contributed by atoms with E-state index in [4.69, 9.17) is 18.5 Å². The van der Waals surface area contributed by atoms with Crippen LogP contribution in [0.15, 0.2) is 24.3 Å². The third kappa shape index (κ3) is 7.03. The zero-order chi connectivity index (χ0) is 20.0. The summed E-state index contributed by atoms with van der Waals surface area (Å²) in [6.07, 6.45) is -1.14. The Morgan fingerprint density at radius 1 is 1.15 bits per heavy atom. The minimum Gasteiger partial charge on any atom is -0.481 e. The van der Waals surface area contributed by atoms with Gasteiger partial charge in [-0.1, -0.05) is 12.1 Å². The molecule has 146 valence electrons. The van der Waals surface area contributed by atoms with Gasteiger partial charge in [-0.25, -0.2) is 9.59 Å². The first-order valence-corrected chi connectivity index (χ1v) is 9.38. The van der Waals surface area contributed by atoms with Crippen molar-refractivity contribution in [3.05, 3.63) is 29.8 Å². The van der Waals surface area contributed by atoms with Crippen molar-refractivity contribution in [1.29, 1.82) is 0 Å². The maximum atomic E-state index is 11.9. The fourth-order valence-electron chi connectivity index (χ4n) is 1.80. The molecule has 1 aromatic rings. The van der Waals surface area contributed by atoms with Gasteiger partial charge in [-0.15, -0.1) is 0 Å². The Morgan fingerprint density at radius 3 is 2.12 bits per heavy atom. The number of ether oxygens (including phenoxy) is 2. The standard InChI is InChI=1S/C16H24NO8P/c1-16(2,3)25-15(20)17-13(14(18)19)11-6-8-12(9-7-11)24-10-26(21,22-4)23-5/h6-9,13H,10H2,1-5H3,(H,17,20)(H,18,19)/t13-/m1/s1. The van der Waals surface area contributed by atoms with Gasteiger partial charge in [-0.05, 0) is 38.5 Å². The number of alkyl carbamates (subject to hydrolysis) is 1. The summed E-state index contributed by atoms with van der Waals surface area (Å²) in [6.45, 7) is 5.02. The number of amides is 1. The lowest BCUT2D eigenvalue weighted by Crippen LogP contribution is -2.38. The molecule has 0 fully saturated rings. The van der Waals surface area contributed by atoms with Crippen LogP contribution < -0.4 is 10.1 Å². The molecule has 10 heteroatoms. The van der Waals surface area contributed by atoms with Gasteiger partial charge < -0.3 is 28.9 Å². The number of carboxylic acids is 1. The Bertz CT molecular complexity index is 660. The van der Waals surface area contributed by atoms with Gasteiger partial charge in [0.25, 0.3) is 0 Å². The van der Waals surface area contributed by atoms with Crippen molar-refractivity contribution in [2.24, 2.45) is 0 Å². The number of benzene rings is 1. The number of rotatable bonds is 8. The molecule has 0 heterocycles. The molecule has 0 saturated heterocycles.